The number of thioether (sulfide) groups is 1. The summed E-state index contributed by atoms with van der Waals surface area (Å²) in [5, 5.41) is 20.3. The molecule has 2 N–H and O–H groups in total. The van der Waals surface area contributed by atoms with Gasteiger partial charge in [0, 0.05) is 4.47 Å². The number of nitrogens with zero attached hydrogens (tertiary/aromatic N) is 2. The SMILES string of the molecule is CSC(=Nc1ccc(Br)c(Cl)c1C(=O)O)NC#N. The number of hydrogen-bond donors (Lipinski definition) is 2. The van der Waals surface area contributed by atoms with Gasteiger partial charge in [-0.3, -0.25) is 5.32 Å². The van der Waals surface area contributed by atoms with Crippen LogP contribution < -0.4 is 5.32 Å². The number of hydrogen-bond acceptors (Lipinski definition) is 4. The van der Waals surface area contributed by atoms with Crippen molar-refractivity contribution in [3.63, 3.8) is 0 Å². The molecule has 0 saturated heterocycles. The molecule has 94 valence electrons. The predicted octanol–water partition coefficient (Wildman–Crippen LogP) is 3.22. The van der Waals surface area contributed by atoms with E-state index in [4.69, 9.17) is 22.0 Å². The number of carbonyl (C=O) groups is 1. The highest BCUT2D eigenvalue weighted by Gasteiger charge is 2.17. The third kappa shape index (κ3) is 3.38. The van der Waals surface area contributed by atoms with Gasteiger partial charge in [0.1, 0.15) is 5.56 Å². The summed E-state index contributed by atoms with van der Waals surface area (Å²) in [6, 6.07) is 3.10. The van der Waals surface area contributed by atoms with Gasteiger partial charge >= 0.3 is 5.97 Å². The summed E-state index contributed by atoms with van der Waals surface area (Å²) in [7, 11) is 0. The number of benzene rings is 1. The van der Waals surface area contributed by atoms with E-state index in [-0.39, 0.29) is 16.3 Å². The molecule has 1 aromatic rings. The number of nitrogens with one attached hydrogen (secondary N) is 1. The maximum atomic E-state index is 11.2. The van der Waals surface area contributed by atoms with Crippen molar-refractivity contribution >= 4 is 56.1 Å². The first-order valence-corrected chi connectivity index (χ1v) is 6.90. The van der Waals surface area contributed by atoms with Gasteiger partial charge in [-0.05, 0) is 34.3 Å². The molecule has 0 fully saturated rings. The average Bonchev–Trinajstić information content (AvgIpc) is 2.32. The second-order valence-corrected chi connectivity index (χ2v) is 4.95. The third-order valence-corrected chi connectivity index (χ3v) is 3.73. The molecule has 0 amide bonds. The molecule has 0 aliphatic rings. The number of aliphatic imine (C=N–C) groups is 1. The molecule has 0 heterocycles. The number of aromatic carboxylic acids is 1. The molecule has 0 unspecified atom stereocenters. The number of rotatable bonds is 2. The number of carboxylic acid groups (broad SMARTS) is 1. The van der Waals surface area contributed by atoms with E-state index in [0.717, 1.165) is 0 Å². The van der Waals surface area contributed by atoms with Crippen LogP contribution in [0.25, 0.3) is 0 Å². The van der Waals surface area contributed by atoms with Crippen molar-refractivity contribution in [2.24, 2.45) is 4.99 Å². The zero-order chi connectivity index (χ0) is 13.7. The first-order chi connectivity index (χ1) is 8.51. The maximum Gasteiger partial charge on any atom is 0.339 e. The molecular weight excluding hydrogens is 342 g/mol. The minimum absolute atomic E-state index is 0.0705. The summed E-state index contributed by atoms with van der Waals surface area (Å²) in [5.41, 5.74) is 0.0696. The molecule has 0 atom stereocenters. The quantitative estimate of drug-likeness (QED) is 0.371. The lowest BCUT2D eigenvalue weighted by molar-refractivity contribution is 0.0698. The molecule has 0 aliphatic heterocycles. The molecule has 8 heteroatoms. The Morgan fingerprint density at radius 3 is 2.83 bits per heavy atom. The van der Waals surface area contributed by atoms with Crippen molar-refractivity contribution in [3.8, 4) is 6.19 Å². The highest BCUT2D eigenvalue weighted by Crippen LogP contribution is 2.33. The van der Waals surface area contributed by atoms with E-state index in [1.54, 1.807) is 18.5 Å². The topological polar surface area (TPSA) is 85.5 Å². The molecular formula is C10H7BrClN3O2S. The lowest BCUT2D eigenvalue weighted by atomic mass is 10.2. The van der Waals surface area contributed by atoms with Crippen LogP contribution in [-0.4, -0.2) is 22.5 Å². The van der Waals surface area contributed by atoms with Crippen molar-refractivity contribution in [1.29, 1.82) is 5.26 Å². The molecule has 1 rings (SSSR count). The van der Waals surface area contributed by atoms with Gasteiger partial charge in [-0.2, -0.15) is 5.26 Å². The maximum absolute atomic E-state index is 11.2. The number of halogens is 2. The van der Waals surface area contributed by atoms with E-state index in [0.29, 0.717) is 9.64 Å². The van der Waals surface area contributed by atoms with Crippen molar-refractivity contribution in [2.75, 3.05) is 6.26 Å². The van der Waals surface area contributed by atoms with E-state index in [1.807, 2.05) is 0 Å². The van der Waals surface area contributed by atoms with Crippen LogP contribution in [0.3, 0.4) is 0 Å². The lowest BCUT2D eigenvalue weighted by Gasteiger charge is -2.06. The fraction of sp³-hybridized carbons (Fsp3) is 0.100. The second-order valence-electron chi connectivity index (χ2n) is 2.92. The summed E-state index contributed by atoms with van der Waals surface area (Å²) in [6.45, 7) is 0. The van der Waals surface area contributed by atoms with E-state index < -0.39 is 5.97 Å². The van der Waals surface area contributed by atoms with Gasteiger partial charge in [0.2, 0.25) is 0 Å². The summed E-state index contributed by atoms with van der Waals surface area (Å²) >= 11 is 10.2. The smallest absolute Gasteiger partial charge is 0.339 e. The molecule has 1 aromatic carbocycles. The molecule has 0 radical (unpaired) electrons. The van der Waals surface area contributed by atoms with Crippen LogP contribution in [-0.2, 0) is 0 Å². The summed E-state index contributed by atoms with van der Waals surface area (Å²) in [4.78, 5) is 15.2. The van der Waals surface area contributed by atoms with E-state index in [9.17, 15) is 4.79 Å². The first kappa shape index (κ1) is 14.8. The molecule has 0 aromatic heterocycles. The Bertz CT molecular complexity index is 557. The van der Waals surface area contributed by atoms with Crippen LogP contribution in [0.4, 0.5) is 5.69 Å². The minimum Gasteiger partial charge on any atom is -0.478 e. The van der Waals surface area contributed by atoms with Gasteiger partial charge in [-0.25, -0.2) is 9.79 Å². The normalized spacial score (nSPS) is 10.9. The zero-order valence-corrected chi connectivity index (χ0v) is 12.2. The lowest BCUT2D eigenvalue weighted by Crippen LogP contribution is -2.13. The van der Waals surface area contributed by atoms with Crippen molar-refractivity contribution in [2.45, 2.75) is 0 Å². The molecule has 0 saturated carbocycles. The van der Waals surface area contributed by atoms with Crippen LogP contribution in [0.2, 0.25) is 5.02 Å². The molecule has 18 heavy (non-hydrogen) atoms. The average molecular weight is 349 g/mol. The van der Waals surface area contributed by atoms with E-state index >= 15 is 0 Å². The van der Waals surface area contributed by atoms with Crippen molar-refractivity contribution in [1.82, 2.24) is 5.32 Å². The molecule has 0 aliphatic carbocycles. The Morgan fingerprint density at radius 1 is 1.67 bits per heavy atom. The summed E-state index contributed by atoms with van der Waals surface area (Å²) < 4.78 is 0.472. The molecule has 0 bridgehead atoms. The Labute approximate surface area is 121 Å². The van der Waals surface area contributed by atoms with Gasteiger partial charge in [0.15, 0.2) is 11.4 Å². The van der Waals surface area contributed by atoms with Crippen LogP contribution in [0.5, 0.6) is 0 Å². The largest absolute Gasteiger partial charge is 0.478 e. The molecule has 0 spiro atoms. The van der Waals surface area contributed by atoms with E-state index in [1.165, 1.54) is 17.8 Å². The first-order valence-electron chi connectivity index (χ1n) is 4.50. The number of amidine groups is 1. The highest BCUT2D eigenvalue weighted by atomic mass is 79.9. The van der Waals surface area contributed by atoms with Crippen LogP contribution in [0, 0.1) is 11.5 Å². The van der Waals surface area contributed by atoms with Gasteiger partial charge in [0.05, 0.1) is 10.7 Å². The van der Waals surface area contributed by atoms with Crippen molar-refractivity contribution < 1.29 is 9.90 Å². The number of nitriles is 1. The Balaban J connectivity index is 3.38. The summed E-state index contributed by atoms with van der Waals surface area (Å²) in [6.07, 6.45) is 3.43. The highest BCUT2D eigenvalue weighted by molar-refractivity contribution is 9.10. The van der Waals surface area contributed by atoms with Gasteiger partial charge in [-0.1, -0.05) is 23.4 Å². The van der Waals surface area contributed by atoms with Gasteiger partial charge < -0.3 is 5.11 Å². The van der Waals surface area contributed by atoms with Gasteiger partial charge in [0.25, 0.3) is 0 Å². The standard InChI is InChI=1S/C10H7BrClN3O2S/c1-18-10(14-4-13)15-6-3-2-5(11)8(12)7(6)9(16)17/h2-3H,1H3,(H,14,15)(H,16,17). The third-order valence-electron chi connectivity index (χ3n) is 1.86. The molecule has 5 nitrogen and oxygen atoms in total. The Hall–Kier alpha value is -1.23. The fourth-order valence-electron chi connectivity index (χ4n) is 1.12. The Kier molecular flexibility index (Phi) is 5.47. The summed E-state index contributed by atoms with van der Waals surface area (Å²) in [5.74, 6) is -1.18. The zero-order valence-electron chi connectivity index (χ0n) is 9.07. The van der Waals surface area contributed by atoms with Crippen molar-refractivity contribution in [3.05, 3.63) is 27.2 Å². The van der Waals surface area contributed by atoms with E-state index in [2.05, 4.69) is 26.2 Å². The number of carboxylic acids is 1. The predicted molar refractivity (Wildman–Crippen MR) is 75.5 cm³/mol. The Morgan fingerprint density at radius 2 is 2.33 bits per heavy atom. The second kappa shape index (κ2) is 6.64. The monoisotopic (exact) mass is 347 g/mol. The van der Waals surface area contributed by atoms with Crippen LogP contribution in [0.1, 0.15) is 10.4 Å². The minimum atomic E-state index is -1.18. The van der Waals surface area contributed by atoms with Crippen LogP contribution in [0.15, 0.2) is 21.6 Å². The van der Waals surface area contributed by atoms with Gasteiger partial charge in [-0.15, -0.1) is 0 Å². The fourth-order valence-corrected chi connectivity index (χ4v) is 2.03. The van der Waals surface area contributed by atoms with Crippen LogP contribution >= 0.6 is 39.3 Å².